The molecule has 0 unspecified atom stereocenters. The molecule has 28 heavy (non-hydrogen) atoms. The Balaban J connectivity index is 1.51. The SMILES string of the molecule is O=C1COc2cc(NC(=O)N(Cc3ccccc3)Cc3ccco3)ccc2N1. The summed E-state index contributed by atoms with van der Waals surface area (Å²) in [7, 11) is 0. The van der Waals surface area contributed by atoms with E-state index in [4.69, 9.17) is 9.15 Å². The molecule has 4 rings (SSSR count). The number of carbonyl (C=O) groups is 2. The summed E-state index contributed by atoms with van der Waals surface area (Å²) in [5.41, 5.74) is 2.18. The van der Waals surface area contributed by atoms with Crippen molar-refractivity contribution in [1.29, 1.82) is 0 Å². The molecule has 0 saturated heterocycles. The maximum Gasteiger partial charge on any atom is 0.322 e. The van der Waals surface area contributed by atoms with Crippen LogP contribution >= 0.6 is 0 Å². The Morgan fingerprint density at radius 3 is 2.71 bits per heavy atom. The average Bonchev–Trinajstić information content (AvgIpc) is 3.21. The van der Waals surface area contributed by atoms with Crippen LogP contribution in [0.4, 0.5) is 16.2 Å². The largest absolute Gasteiger partial charge is 0.482 e. The van der Waals surface area contributed by atoms with E-state index in [1.54, 1.807) is 35.4 Å². The second-order valence-corrected chi connectivity index (χ2v) is 6.40. The number of furan rings is 1. The molecule has 1 aromatic heterocycles. The van der Waals surface area contributed by atoms with E-state index in [9.17, 15) is 9.59 Å². The van der Waals surface area contributed by atoms with Crippen LogP contribution in [0.15, 0.2) is 71.3 Å². The van der Waals surface area contributed by atoms with Crippen LogP contribution in [0.2, 0.25) is 0 Å². The van der Waals surface area contributed by atoms with Crippen LogP contribution < -0.4 is 15.4 Å². The number of hydrogen-bond acceptors (Lipinski definition) is 4. The van der Waals surface area contributed by atoms with Crippen molar-refractivity contribution in [2.24, 2.45) is 0 Å². The Hall–Kier alpha value is -3.74. The first-order valence-corrected chi connectivity index (χ1v) is 8.86. The molecule has 142 valence electrons. The topological polar surface area (TPSA) is 83.8 Å². The zero-order valence-corrected chi connectivity index (χ0v) is 15.1. The van der Waals surface area contributed by atoms with Crippen molar-refractivity contribution in [2.45, 2.75) is 13.1 Å². The molecular weight excluding hydrogens is 358 g/mol. The lowest BCUT2D eigenvalue weighted by Gasteiger charge is -2.23. The van der Waals surface area contributed by atoms with E-state index in [-0.39, 0.29) is 18.5 Å². The van der Waals surface area contributed by atoms with Gasteiger partial charge in [0, 0.05) is 18.3 Å². The van der Waals surface area contributed by atoms with Crippen molar-refractivity contribution in [3.8, 4) is 5.75 Å². The molecule has 0 spiro atoms. The van der Waals surface area contributed by atoms with Crippen molar-refractivity contribution in [3.63, 3.8) is 0 Å². The molecule has 0 bridgehead atoms. The maximum absolute atomic E-state index is 12.9. The standard InChI is InChI=1S/C21H19N3O4/c25-20-14-28-19-11-16(8-9-18(19)23-20)22-21(26)24(13-17-7-4-10-27-17)12-15-5-2-1-3-6-15/h1-11H,12-14H2,(H,22,26)(H,23,25). The minimum absolute atomic E-state index is 0.0387. The molecule has 0 radical (unpaired) electrons. The molecule has 3 amide bonds. The quantitative estimate of drug-likeness (QED) is 0.707. The molecule has 0 fully saturated rings. The molecule has 0 aliphatic carbocycles. The zero-order chi connectivity index (χ0) is 19.3. The Kier molecular flexibility index (Phi) is 4.97. The fraction of sp³-hybridized carbons (Fsp3) is 0.143. The van der Waals surface area contributed by atoms with Gasteiger partial charge in [-0.2, -0.15) is 0 Å². The highest BCUT2D eigenvalue weighted by atomic mass is 16.5. The lowest BCUT2D eigenvalue weighted by Crippen LogP contribution is -2.34. The number of nitrogens with zero attached hydrogens (tertiary/aromatic N) is 1. The third-order valence-electron chi connectivity index (χ3n) is 4.30. The van der Waals surface area contributed by atoms with Gasteiger partial charge in [0.05, 0.1) is 18.5 Å². The molecule has 0 saturated carbocycles. The molecule has 7 nitrogen and oxygen atoms in total. The molecule has 1 aliphatic rings. The van der Waals surface area contributed by atoms with Gasteiger partial charge in [-0.05, 0) is 29.8 Å². The lowest BCUT2D eigenvalue weighted by molar-refractivity contribution is -0.118. The number of rotatable bonds is 5. The van der Waals surface area contributed by atoms with Crippen LogP contribution in [-0.4, -0.2) is 23.4 Å². The van der Waals surface area contributed by atoms with E-state index in [0.717, 1.165) is 5.56 Å². The second-order valence-electron chi connectivity index (χ2n) is 6.40. The van der Waals surface area contributed by atoms with Crippen molar-refractivity contribution < 1.29 is 18.7 Å². The van der Waals surface area contributed by atoms with Crippen molar-refractivity contribution in [2.75, 3.05) is 17.2 Å². The van der Waals surface area contributed by atoms with Gasteiger partial charge in [0.1, 0.15) is 11.5 Å². The smallest absolute Gasteiger partial charge is 0.322 e. The van der Waals surface area contributed by atoms with E-state index in [2.05, 4.69) is 10.6 Å². The maximum atomic E-state index is 12.9. The molecule has 1 aliphatic heterocycles. The molecule has 7 heteroatoms. The van der Waals surface area contributed by atoms with Gasteiger partial charge < -0.3 is 24.7 Å². The van der Waals surface area contributed by atoms with Crippen molar-refractivity contribution in [3.05, 3.63) is 78.3 Å². The highest BCUT2D eigenvalue weighted by Crippen LogP contribution is 2.30. The lowest BCUT2D eigenvalue weighted by atomic mass is 10.2. The molecule has 2 N–H and O–H groups in total. The van der Waals surface area contributed by atoms with Gasteiger partial charge in [-0.15, -0.1) is 0 Å². The summed E-state index contributed by atoms with van der Waals surface area (Å²) in [6, 6.07) is 18.2. The Labute approximate surface area is 161 Å². The molecule has 3 aromatic rings. The van der Waals surface area contributed by atoms with E-state index in [1.165, 1.54) is 0 Å². The summed E-state index contributed by atoms with van der Waals surface area (Å²) < 4.78 is 10.8. The van der Waals surface area contributed by atoms with Gasteiger partial charge >= 0.3 is 6.03 Å². The van der Waals surface area contributed by atoms with Crippen LogP contribution in [0.5, 0.6) is 5.75 Å². The van der Waals surface area contributed by atoms with Gasteiger partial charge in [-0.3, -0.25) is 4.79 Å². The van der Waals surface area contributed by atoms with E-state index >= 15 is 0 Å². The third kappa shape index (κ3) is 4.15. The first-order chi connectivity index (χ1) is 13.7. The monoisotopic (exact) mass is 377 g/mol. The third-order valence-corrected chi connectivity index (χ3v) is 4.30. The fourth-order valence-corrected chi connectivity index (χ4v) is 2.95. The van der Waals surface area contributed by atoms with Crippen LogP contribution in [-0.2, 0) is 17.9 Å². The van der Waals surface area contributed by atoms with Gasteiger partial charge in [0.15, 0.2) is 6.61 Å². The van der Waals surface area contributed by atoms with E-state index < -0.39 is 0 Å². The summed E-state index contributed by atoms with van der Waals surface area (Å²) in [6.07, 6.45) is 1.59. The summed E-state index contributed by atoms with van der Waals surface area (Å²) in [5, 5.41) is 5.61. The number of carbonyl (C=O) groups excluding carboxylic acids is 2. The Morgan fingerprint density at radius 1 is 1.07 bits per heavy atom. The number of hydrogen-bond donors (Lipinski definition) is 2. The summed E-state index contributed by atoms with van der Waals surface area (Å²) in [4.78, 5) is 26.0. The molecule has 2 heterocycles. The minimum atomic E-state index is -0.264. The number of amides is 3. The highest BCUT2D eigenvalue weighted by molar-refractivity contribution is 5.96. The number of benzene rings is 2. The first-order valence-electron chi connectivity index (χ1n) is 8.86. The van der Waals surface area contributed by atoms with Gasteiger partial charge in [0.25, 0.3) is 5.91 Å². The summed E-state index contributed by atoms with van der Waals surface area (Å²) >= 11 is 0. The highest BCUT2D eigenvalue weighted by Gasteiger charge is 2.19. The van der Waals surface area contributed by atoms with Crippen LogP contribution in [0, 0.1) is 0 Å². The predicted octanol–water partition coefficient (Wildman–Crippen LogP) is 3.84. The van der Waals surface area contributed by atoms with Gasteiger partial charge in [-0.1, -0.05) is 30.3 Å². The molecule has 0 atom stereocenters. The molecule has 2 aromatic carbocycles. The molecular formula is C21H19N3O4. The second kappa shape index (κ2) is 7.87. The van der Waals surface area contributed by atoms with Crippen molar-refractivity contribution >= 4 is 23.3 Å². The fourth-order valence-electron chi connectivity index (χ4n) is 2.95. The number of ether oxygens (including phenoxy) is 1. The number of urea groups is 1. The number of fused-ring (bicyclic) bond motifs is 1. The Morgan fingerprint density at radius 2 is 1.93 bits per heavy atom. The van der Waals surface area contributed by atoms with Crippen molar-refractivity contribution in [1.82, 2.24) is 4.90 Å². The number of anilines is 2. The van der Waals surface area contributed by atoms with Crippen LogP contribution in [0.25, 0.3) is 0 Å². The summed E-state index contributed by atoms with van der Waals surface area (Å²) in [6.45, 7) is 0.735. The number of nitrogens with one attached hydrogen (secondary N) is 2. The Bertz CT molecular complexity index is 971. The van der Waals surface area contributed by atoms with E-state index in [1.807, 2.05) is 36.4 Å². The minimum Gasteiger partial charge on any atom is -0.482 e. The van der Waals surface area contributed by atoms with E-state index in [0.29, 0.717) is 36.0 Å². The van der Waals surface area contributed by atoms with Crippen LogP contribution in [0.1, 0.15) is 11.3 Å². The normalized spacial score (nSPS) is 12.5. The average molecular weight is 377 g/mol. The predicted molar refractivity (Wildman–Crippen MR) is 104 cm³/mol. The van der Waals surface area contributed by atoms with Gasteiger partial charge in [-0.25, -0.2) is 4.79 Å². The zero-order valence-electron chi connectivity index (χ0n) is 15.1. The van der Waals surface area contributed by atoms with Gasteiger partial charge in [0.2, 0.25) is 0 Å². The first kappa shape index (κ1) is 17.7. The van der Waals surface area contributed by atoms with Crippen LogP contribution in [0.3, 0.4) is 0 Å². The summed E-state index contributed by atoms with van der Waals surface area (Å²) in [5.74, 6) is 1.03.